The van der Waals surface area contributed by atoms with Crippen molar-refractivity contribution < 1.29 is 43.3 Å². The van der Waals surface area contributed by atoms with E-state index < -0.39 is 50.5 Å². The number of hydrogen-bond acceptors (Lipinski definition) is 10. The normalized spacial score (nSPS) is 23.6. The number of halogens is 1. The van der Waals surface area contributed by atoms with Crippen molar-refractivity contribution in [1.82, 2.24) is 19.5 Å². The van der Waals surface area contributed by atoms with Gasteiger partial charge in [-0.3, -0.25) is 14.4 Å². The van der Waals surface area contributed by atoms with Crippen LogP contribution in [0, 0.1) is 5.82 Å². The number of rotatable bonds is 7. The largest absolute Gasteiger partial charge is 0.524 e. The summed E-state index contributed by atoms with van der Waals surface area (Å²) in [6.07, 6.45) is -2.02. The van der Waals surface area contributed by atoms with Gasteiger partial charge < -0.3 is 29.9 Å². The Morgan fingerprint density at radius 2 is 2.00 bits per heavy atom. The fourth-order valence-corrected chi connectivity index (χ4v) is 3.72. The second-order valence-electron chi connectivity index (χ2n) is 6.98. The molecule has 0 saturated carbocycles. The van der Waals surface area contributed by atoms with Gasteiger partial charge in [0.05, 0.1) is 12.9 Å². The number of nitrogens with one attached hydrogen (secondary N) is 1. The molecule has 0 aliphatic carbocycles. The summed E-state index contributed by atoms with van der Waals surface area (Å²) >= 11 is 0. The molecule has 4 atom stereocenters. The molecule has 0 bridgehead atoms. The van der Waals surface area contributed by atoms with Gasteiger partial charge in [-0.05, 0) is 17.7 Å². The first-order valence-corrected chi connectivity index (χ1v) is 10.8. The Labute approximate surface area is 179 Å². The summed E-state index contributed by atoms with van der Waals surface area (Å²) in [6, 6.07) is 3.54. The number of phosphoric acid groups is 1. The molecule has 3 heterocycles. The van der Waals surface area contributed by atoms with Crippen molar-refractivity contribution in [3.8, 4) is 5.75 Å². The van der Waals surface area contributed by atoms with Gasteiger partial charge in [-0.2, -0.15) is 0 Å². The number of aliphatic hydroxyl groups is 3. The minimum absolute atomic E-state index is 0.0740. The number of fused-ring (bicyclic) bond motifs is 1. The molecule has 1 saturated heterocycles. The van der Waals surface area contributed by atoms with Gasteiger partial charge in [-0.15, -0.1) is 0 Å². The molecule has 6 N–H and O–H groups in total. The molecule has 13 nitrogen and oxygen atoms in total. The van der Waals surface area contributed by atoms with Crippen LogP contribution in [-0.2, 0) is 15.8 Å². The quantitative estimate of drug-likeness (QED) is 0.246. The van der Waals surface area contributed by atoms with Crippen molar-refractivity contribution in [1.29, 1.82) is 0 Å². The van der Waals surface area contributed by atoms with Gasteiger partial charge in [0, 0.05) is 6.54 Å². The van der Waals surface area contributed by atoms with E-state index in [0.29, 0.717) is 11.1 Å². The van der Waals surface area contributed by atoms with Crippen molar-refractivity contribution in [2.75, 3.05) is 11.9 Å². The summed E-state index contributed by atoms with van der Waals surface area (Å²) < 4.78 is 36.0. The van der Waals surface area contributed by atoms with E-state index in [1.807, 2.05) is 0 Å². The highest BCUT2D eigenvalue weighted by Gasteiger charge is 2.44. The van der Waals surface area contributed by atoms with E-state index in [1.165, 1.54) is 23.3 Å². The molecule has 1 aliphatic rings. The van der Waals surface area contributed by atoms with Crippen LogP contribution in [0.3, 0.4) is 0 Å². The smallest absolute Gasteiger partial charge is 0.401 e. The molecule has 3 aromatic rings. The predicted octanol–water partition coefficient (Wildman–Crippen LogP) is -0.340. The number of nitrogens with zero attached hydrogens (tertiary/aromatic N) is 4. The summed E-state index contributed by atoms with van der Waals surface area (Å²) in [7, 11) is -4.93. The van der Waals surface area contributed by atoms with E-state index in [-0.39, 0.29) is 18.0 Å². The molecule has 0 amide bonds. The molecule has 1 aliphatic heterocycles. The second-order valence-corrected chi connectivity index (χ2v) is 8.14. The third-order valence-corrected chi connectivity index (χ3v) is 5.26. The lowest BCUT2D eigenvalue weighted by Gasteiger charge is -2.16. The Bertz CT molecular complexity index is 1170. The SMILES string of the molecule is O=P(O)(O)Oc1cc(CNc2ncnc3c2ncn3[C@@H]2O[C@H](CO)[C@@H](O)[C@H]2O)ccc1F. The van der Waals surface area contributed by atoms with Gasteiger partial charge in [0.2, 0.25) is 0 Å². The lowest BCUT2D eigenvalue weighted by Crippen LogP contribution is -2.33. The van der Waals surface area contributed by atoms with Crippen LogP contribution in [0.5, 0.6) is 5.75 Å². The van der Waals surface area contributed by atoms with Crippen LogP contribution in [0.4, 0.5) is 10.2 Å². The summed E-state index contributed by atoms with van der Waals surface area (Å²) in [5, 5.41) is 32.5. The number of imidazole rings is 1. The molecule has 172 valence electrons. The second kappa shape index (κ2) is 8.67. The summed E-state index contributed by atoms with van der Waals surface area (Å²) in [4.78, 5) is 30.2. The zero-order valence-electron chi connectivity index (χ0n) is 16.2. The minimum atomic E-state index is -4.93. The topological polar surface area (TPSA) is 192 Å². The zero-order valence-corrected chi connectivity index (χ0v) is 17.1. The Kier molecular flexibility index (Phi) is 6.09. The van der Waals surface area contributed by atoms with Gasteiger partial charge in [0.15, 0.2) is 34.8 Å². The van der Waals surface area contributed by atoms with Crippen LogP contribution < -0.4 is 9.84 Å². The van der Waals surface area contributed by atoms with Crippen LogP contribution in [0.25, 0.3) is 11.2 Å². The Morgan fingerprint density at radius 3 is 2.69 bits per heavy atom. The maximum atomic E-state index is 13.7. The van der Waals surface area contributed by atoms with Gasteiger partial charge >= 0.3 is 7.82 Å². The van der Waals surface area contributed by atoms with Crippen LogP contribution in [0.15, 0.2) is 30.9 Å². The van der Waals surface area contributed by atoms with Crippen LogP contribution in [0.2, 0.25) is 0 Å². The lowest BCUT2D eigenvalue weighted by atomic mass is 10.1. The first-order valence-electron chi connectivity index (χ1n) is 9.25. The molecule has 0 spiro atoms. The van der Waals surface area contributed by atoms with Crippen molar-refractivity contribution in [2.45, 2.75) is 31.1 Å². The summed E-state index contributed by atoms with van der Waals surface area (Å²) in [5.41, 5.74) is 1.02. The molecule has 2 aromatic heterocycles. The number of benzene rings is 1. The Morgan fingerprint density at radius 1 is 1.22 bits per heavy atom. The van der Waals surface area contributed by atoms with E-state index in [9.17, 15) is 24.3 Å². The number of aliphatic hydroxyl groups excluding tert-OH is 3. The van der Waals surface area contributed by atoms with Crippen molar-refractivity contribution in [3.05, 3.63) is 42.2 Å². The fourth-order valence-electron chi connectivity index (χ4n) is 3.32. The Hall–Kier alpha value is -2.71. The highest BCUT2D eigenvalue weighted by atomic mass is 31.2. The Balaban J connectivity index is 1.56. The molecule has 15 heteroatoms. The molecule has 32 heavy (non-hydrogen) atoms. The van der Waals surface area contributed by atoms with Gasteiger partial charge in [0.1, 0.15) is 24.6 Å². The zero-order chi connectivity index (χ0) is 23.0. The highest BCUT2D eigenvalue weighted by molar-refractivity contribution is 7.46. The van der Waals surface area contributed by atoms with E-state index in [2.05, 4.69) is 24.8 Å². The summed E-state index contributed by atoms with van der Waals surface area (Å²) in [6.45, 7) is -0.404. The van der Waals surface area contributed by atoms with E-state index in [1.54, 1.807) is 0 Å². The van der Waals surface area contributed by atoms with Crippen molar-refractivity contribution in [2.24, 2.45) is 0 Å². The molecule has 1 fully saturated rings. The van der Waals surface area contributed by atoms with Crippen molar-refractivity contribution >= 4 is 24.8 Å². The molecular formula is C17H19FN5O8P. The molecule has 1 aromatic carbocycles. The number of anilines is 1. The summed E-state index contributed by atoms with van der Waals surface area (Å²) in [5.74, 6) is -1.25. The van der Waals surface area contributed by atoms with Gasteiger partial charge in [0.25, 0.3) is 0 Å². The lowest BCUT2D eigenvalue weighted by molar-refractivity contribution is -0.0511. The minimum Gasteiger partial charge on any atom is -0.401 e. The third-order valence-electron chi connectivity index (χ3n) is 4.82. The van der Waals surface area contributed by atoms with E-state index in [4.69, 9.17) is 14.5 Å². The average Bonchev–Trinajstić information content (AvgIpc) is 3.29. The molecular weight excluding hydrogens is 452 g/mol. The van der Waals surface area contributed by atoms with E-state index in [0.717, 1.165) is 12.1 Å². The third kappa shape index (κ3) is 4.42. The first-order chi connectivity index (χ1) is 15.2. The first kappa shape index (κ1) is 22.5. The van der Waals surface area contributed by atoms with Crippen LogP contribution in [-0.4, -0.2) is 69.5 Å². The van der Waals surface area contributed by atoms with Gasteiger partial charge in [-0.25, -0.2) is 23.9 Å². The maximum Gasteiger partial charge on any atom is 0.524 e. The molecule has 4 rings (SSSR count). The van der Waals surface area contributed by atoms with Crippen LogP contribution in [0.1, 0.15) is 11.8 Å². The maximum absolute atomic E-state index is 13.7. The number of aromatic nitrogens is 4. The number of phosphoric ester groups is 1. The van der Waals surface area contributed by atoms with Gasteiger partial charge in [-0.1, -0.05) is 6.07 Å². The number of hydrogen-bond donors (Lipinski definition) is 6. The number of ether oxygens (including phenoxy) is 1. The molecule has 0 unspecified atom stereocenters. The molecule has 0 radical (unpaired) electrons. The van der Waals surface area contributed by atoms with E-state index >= 15 is 0 Å². The average molecular weight is 471 g/mol. The predicted molar refractivity (Wildman–Crippen MR) is 105 cm³/mol. The monoisotopic (exact) mass is 471 g/mol. The van der Waals surface area contributed by atoms with Crippen molar-refractivity contribution in [3.63, 3.8) is 0 Å². The highest BCUT2D eigenvalue weighted by Crippen LogP contribution is 2.39. The van der Waals surface area contributed by atoms with Crippen LogP contribution >= 0.6 is 7.82 Å². The fraction of sp³-hybridized carbons (Fsp3) is 0.353. The standard InChI is InChI=1S/C17H19FN5O8P/c18-9-2-1-8(3-10(9)31-32(27,28)29)4-19-15-12-16(21-6-20-15)23(7-22-12)17-14(26)13(25)11(5-24)30-17/h1-3,6-7,11,13-14,17,24-26H,4-5H2,(H,19,20,21)(H2,27,28,29)/t11-,13-,14-,17-/m1/s1.